The van der Waals surface area contributed by atoms with Gasteiger partial charge in [0.1, 0.15) is 0 Å². The van der Waals surface area contributed by atoms with Gasteiger partial charge in [-0.05, 0) is 25.5 Å². The van der Waals surface area contributed by atoms with Crippen LogP contribution in [0.4, 0.5) is 4.79 Å². The number of aromatic nitrogens is 2. The van der Waals surface area contributed by atoms with Crippen LogP contribution in [-0.2, 0) is 17.8 Å². The fourth-order valence-electron chi connectivity index (χ4n) is 2.96. The first-order chi connectivity index (χ1) is 12.0. The van der Waals surface area contributed by atoms with E-state index in [2.05, 4.69) is 46.1 Å². The maximum atomic E-state index is 12.2. The minimum absolute atomic E-state index is 0.0609. The number of urea groups is 1. The molecule has 2 N–H and O–H groups in total. The lowest BCUT2D eigenvalue weighted by atomic mass is 10.1. The largest absolute Gasteiger partial charge is 0.481 e. The van der Waals surface area contributed by atoms with Gasteiger partial charge in [-0.15, -0.1) is 0 Å². The molecule has 1 aromatic carbocycles. The van der Waals surface area contributed by atoms with Crippen LogP contribution in [0.15, 0.2) is 30.6 Å². The first-order valence-corrected chi connectivity index (χ1v) is 8.41. The minimum atomic E-state index is -0.849. The van der Waals surface area contributed by atoms with Crippen LogP contribution in [0, 0.1) is 6.92 Å². The van der Waals surface area contributed by atoms with E-state index in [0.29, 0.717) is 26.1 Å². The van der Waals surface area contributed by atoms with Crippen molar-refractivity contribution in [3.8, 4) is 5.69 Å². The second-order valence-corrected chi connectivity index (χ2v) is 6.24. The molecule has 0 aliphatic carbocycles. The molecule has 25 heavy (non-hydrogen) atoms. The summed E-state index contributed by atoms with van der Waals surface area (Å²) < 4.78 is 2.08. The second kappa shape index (κ2) is 7.38. The number of aryl methyl sites for hydroxylation is 1. The van der Waals surface area contributed by atoms with Crippen LogP contribution < -0.4 is 5.32 Å². The molecule has 2 aromatic rings. The van der Waals surface area contributed by atoms with E-state index in [9.17, 15) is 9.59 Å². The molecule has 0 radical (unpaired) electrons. The van der Waals surface area contributed by atoms with E-state index < -0.39 is 5.97 Å². The maximum Gasteiger partial charge on any atom is 0.317 e. The van der Waals surface area contributed by atoms with Crippen molar-refractivity contribution >= 4 is 12.0 Å². The molecule has 1 aliphatic heterocycles. The van der Waals surface area contributed by atoms with E-state index in [4.69, 9.17) is 5.11 Å². The molecular formula is C18H22N4O3. The predicted molar refractivity (Wildman–Crippen MR) is 92.7 cm³/mol. The summed E-state index contributed by atoms with van der Waals surface area (Å²) in [6.45, 7) is 3.51. The van der Waals surface area contributed by atoms with E-state index >= 15 is 0 Å². The van der Waals surface area contributed by atoms with Crippen LogP contribution in [-0.4, -0.2) is 44.6 Å². The number of aliphatic carboxylic acids is 1. The predicted octanol–water partition coefficient (Wildman–Crippen LogP) is 2.11. The van der Waals surface area contributed by atoms with Crippen LogP contribution in [0.1, 0.15) is 29.8 Å². The summed E-state index contributed by atoms with van der Waals surface area (Å²) in [6, 6.07) is 8.11. The normalized spacial score (nSPS) is 13.4. The summed E-state index contributed by atoms with van der Waals surface area (Å²) in [4.78, 5) is 28.9. The van der Waals surface area contributed by atoms with Crippen LogP contribution in [0.2, 0.25) is 0 Å². The Kier molecular flexibility index (Phi) is 5.02. The molecule has 132 valence electrons. The number of imidazole rings is 1. The number of rotatable bonds is 5. The molecule has 0 fully saturated rings. The zero-order valence-electron chi connectivity index (χ0n) is 14.2. The number of hydrogen-bond acceptors (Lipinski definition) is 3. The molecule has 7 heteroatoms. The third-order valence-corrected chi connectivity index (χ3v) is 4.36. The van der Waals surface area contributed by atoms with Gasteiger partial charge < -0.3 is 19.9 Å². The van der Waals surface area contributed by atoms with Gasteiger partial charge >= 0.3 is 12.0 Å². The lowest BCUT2D eigenvalue weighted by molar-refractivity contribution is -0.137. The highest BCUT2D eigenvalue weighted by Gasteiger charge is 2.24. The third kappa shape index (κ3) is 3.99. The van der Waals surface area contributed by atoms with E-state index in [0.717, 1.165) is 23.5 Å². The molecule has 0 atom stereocenters. The molecular weight excluding hydrogens is 320 g/mol. The average Bonchev–Trinajstić information content (AvgIpc) is 3.02. The Morgan fingerprint density at radius 1 is 1.28 bits per heavy atom. The van der Waals surface area contributed by atoms with Crippen LogP contribution in [0.3, 0.4) is 0 Å². The van der Waals surface area contributed by atoms with Crippen LogP contribution >= 0.6 is 0 Å². The molecule has 7 nitrogen and oxygen atoms in total. The lowest BCUT2D eigenvalue weighted by Crippen LogP contribution is -2.43. The van der Waals surface area contributed by atoms with Crippen molar-refractivity contribution < 1.29 is 14.7 Å². The number of carbonyl (C=O) groups excluding carboxylic acids is 1. The minimum Gasteiger partial charge on any atom is -0.481 e. The van der Waals surface area contributed by atoms with Crippen molar-refractivity contribution in [1.29, 1.82) is 0 Å². The number of nitrogens with one attached hydrogen (secondary N) is 1. The van der Waals surface area contributed by atoms with Gasteiger partial charge in [0.05, 0.1) is 18.6 Å². The molecule has 2 amide bonds. The smallest absolute Gasteiger partial charge is 0.317 e. The van der Waals surface area contributed by atoms with Gasteiger partial charge in [-0.3, -0.25) is 4.79 Å². The van der Waals surface area contributed by atoms with Gasteiger partial charge in [-0.25, -0.2) is 9.78 Å². The van der Waals surface area contributed by atoms with Crippen molar-refractivity contribution in [2.24, 2.45) is 0 Å². The van der Waals surface area contributed by atoms with Gasteiger partial charge in [-0.1, -0.05) is 17.7 Å². The SMILES string of the molecule is Cc1ccc(-n2cnc3c2CCN(C(=O)NCCCC(=O)O)C3)cc1. The van der Waals surface area contributed by atoms with Gasteiger partial charge in [0.25, 0.3) is 0 Å². The zero-order valence-corrected chi connectivity index (χ0v) is 14.2. The summed E-state index contributed by atoms with van der Waals surface area (Å²) in [5, 5.41) is 11.4. The molecule has 1 aromatic heterocycles. The Morgan fingerprint density at radius 2 is 2.04 bits per heavy atom. The molecule has 1 aliphatic rings. The van der Waals surface area contributed by atoms with E-state index in [1.165, 1.54) is 5.56 Å². The number of carboxylic acid groups (broad SMARTS) is 1. The third-order valence-electron chi connectivity index (χ3n) is 4.36. The Morgan fingerprint density at radius 3 is 2.76 bits per heavy atom. The van der Waals surface area contributed by atoms with Crippen molar-refractivity contribution in [3.05, 3.63) is 47.5 Å². The van der Waals surface area contributed by atoms with Crippen LogP contribution in [0.5, 0.6) is 0 Å². The molecule has 0 unspecified atom stereocenters. The fraction of sp³-hybridized carbons (Fsp3) is 0.389. The van der Waals surface area contributed by atoms with Gasteiger partial charge in [0, 0.05) is 37.3 Å². The van der Waals surface area contributed by atoms with Gasteiger partial charge in [0.15, 0.2) is 0 Å². The average molecular weight is 342 g/mol. The molecule has 2 heterocycles. The highest BCUT2D eigenvalue weighted by molar-refractivity contribution is 5.74. The number of carbonyl (C=O) groups is 2. The molecule has 0 saturated carbocycles. The summed E-state index contributed by atoms with van der Waals surface area (Å²) in [6.07, 6.45) is 3.04. The number of benzene rings is 1. The molecule has 0 bridgehead atoms. The topological polar surface area (TPSA) is 87.5 Å². The van der Waals surface area contributed by atoms with Crippen molar-refractivity contribution in [2.75, 3.05) is 13.1 Å². The second-order valence-electron chi connectivity index (χ2n) is 6.24. The Labute approximate surface area is 146 Å². The van der Waals surface area contributed by atoms with Crippen molar-refractivity contribution in [2.45, 2.75) is 32.7 Å². The highest BCUT2D eigenvalue weighted by Crippen LogP contribution is 2.21. The first kappa shape index (κ1) is 17.0. The quantitative estimate of drug-likeness (QED) is 0.815. The molecule has 0 spiro atoms. The Hall–Kier alpha value is -2.83. The summed E-state index contributed by atoms with van der Waals surface area (Å²) in [5.74, 6) is -0.849. The Bertz CT molecular complexity index is 767. The number of hydrogen-bond donors (Lipinski definition) is 2. The van der Waals surface area contributed by atoms with E-state index in [1.54, 1.807) is 4.90 Å². The summed E-state index contributed by atoms with van der Waals surface area (Å²) >= 11 is 0. The first-order valence-electron chi connectivity index (χ1n) is 8.41. The lowest BCUT2D eigenvalue weighted by Gasteiger charge is -2.27. The summed E-state index contributed by atoms with van der Waals surface area (Å²) in [5.41, 5.74) is 4.33. The number of nitrogens with zero attached hydrogens (tertiary/aromatic N) is 3. The molecule has 0 saturated heterocycles. The number of amides is 2. The number of carboxylic acids is 1. The maximum absolute atomic E-state index is 12.2. The fourth-order valence-corrected chi connectivity index (χ4v) is 2.96. The van der Waals surface area contributed by atoms with E-state index in [1.807, 2.05) is 6.33 Å². The van der Waals surface area contributed by atoms with Crippen LogP contribution in [0.25, 0.3) is 5.69 Å². The van der Waals surface area contributed by atoms with Crippen molar-refractivity contribution in [1.82, 2.24) is 19.8 Å². The summed E-state index contributed by atoms with van der Waals surface area (Å²) in [7, 11) is 0. The van der Waals surface area contributed by atoms with Gasteiger partial charge in [-0.2, -0.15) is 0 Å². The van der Waals surface area contributed by atoms with Crippen molar-refractivity contribution in [3.63, 3.8) is 0 Å². The molecule has 3 rings (SSSR count). The number of fused-ring (bicyclic) bond motifs is 1. The van der Waals surface area contributed by atoms with E-state index in [-0.39, 0.29) is 12.5 Å². The zero-order chi connectivity index (χ0) is 17.8. The monoisotopic (exact) mass is 342 g/mol. The van der Waals surface area contributed by atoms with Gasteiger partial charge in [0.2, 0.25) is 0 Å². The Balaban J connectivity index is 1.62. The standard InChI is InChI=1S/C18H22N4O3/c1-13-4-6-14(7-5-13)22-12-20-15-11-21(10-8-16(15)22)18(25)19-9-2-3-17(23)24/h4-7,12H,2-3,8-11H2,1H3,(H,19,25)(H,23,24). The highest BCUT2D eigenvalue weighted by atomic mass is 16.4.